The zero-order valence-electron chi connectivity index (χ0n) is 19.2. The molecule has 0 aliphatic carbocycles. The first-order valence-electron chi connectivity index (χ1n) is 10.7. The van der Waals surface area contributed by atoms with Gasteiger partial charge in [0.1, 0.15) is 11.5 Å². The largest absolute Gasteiger partial charge is 0.495 e. The third-order valence-electron chi connectivity index (χ3n) is 5.29. The van der Waals surface area contributed by atoms with Gasteiger partial charge in [-0.1, -0.05) is 42.0 Å². The summed E-state index contributed by atoms with van der Waals surface area (Å²) in [5.41, 5.74) is 1.49. The average Bonchev–Trinajstić information content (AvgIpc) is 3.27. The molecule has 184 valence electrons. The number of amides is 1. The highest BCUT2D eigenvalue weighted by Crippen LogP contribution is 2.35. The summed E-state index contributed by atoms with van der Waals surface area (Å²) in [6.45, 7) is 1.56. The van der Waals surface area contributed by atoms with E-state index in [1.54, 1.807) is 55.5 Å². The minimum Gasteiger partial charge on any atom is -0.495 e. The molecule has 1 atom stereocenters. The topological polar surface area (TPSA) is 118 Å². The van der Waals surface area contributed by atoms with Gasteiger partial charge in [0.15, 0.2) is 15.0 Å². The van der Waals surface area contributed by atoms with E-state index in [1.165, 1.54) is 30.6 Å². The van der Waals surface area contributed by atoms with E-state index in [4.69, 9.17) is 26.3 Å². The summed E-state index contributed by atoms with van der Waals surface area (Å²) in [4.78, 5) is 18.0. The first kappa shape index (κ1) is 25.4. The van der Waals surface area contributed by atoms with Gasteiger partial charge < -0.3 is 9.47 Å². The maximum atomic E-state index is 13.4. The number of anilines is 1. The molecule has 0 radical (unpaired) electrons. The number of methoxy groups -OCH3 is 1. The van der Waals surface area contributed by atoms with Crippen LogP contribution in [0.5, 0.6) is 11.5 Å². The van der Waals surface area contributed by atoms with Crippen molar-refractivity contribution in [2.75, 3.05) is 18.2 Å². The van der Waals surface area contributed by atoms with Gasteiger partial charge in [0.05, 0.1) is 44.6 Å². The molecule has 1 unspecified atom stereocenters. The monoisotopic (exact) mass is 541 g/mol. The van der Waals surface area contributed by atoms with E-state index in [-0.39, 0.29) is 10.6 Å². The highest BCUT2D eigenvalue weighted by atomic mass is 35.5. The van der Waals surface area contributed by atoms with Crippen LogP contribution in [0.15, 0.2) is 65.6 Å². The molecule has 1 N–H and O–H groups in total. The van der Waals surface area contributed by atoms with E-state index >= 15 is 0 Å². The van der Waals surface area contributed by atoms with Crippen LogP contribution < -0.4 is 14.8 Å². The molecule has 0 bridgehead atoms. The number of ether oxygens (including phenoxy) is 2. The Morgan fingerprint density at radius 2 is 1.86 bits per heavy atom. The van der Waals surface area contributed by atoms with Gasteiger partial charge in [0.2, 0.25) is 6.10 Å². The number of aromatic nitrogens is 1. The summed E-state index contributed by atoms with van der Waals surface area (Å²) >= 11 is 7.44. The highest BCUT2D eigenvalue weighted by Gasteiger charge is 2.25. The molecule has 0 fully saturated rings. The molecule has 0 spiro atoms. The summed E-state index contributed by atoms with van der Waals surface area (Å²) < 4.78 is 36.4. The number of carbonyl (C=O) groups is 1. The predicted molar refractivity (Wildman–Crippen MR) is 139 cm³/mol. The normalized spacial score (nSPS) is 12.1. The number of halogens is 1. The molecular weight excluding hydrogens is 522 g/mol. The average molecular weight is 542 g/mol. The zero-order chi connectivity index (χ0) is 25.9. The molecule has 4 aromatic rings. The van der Waals surface area contributed by atoms with Gasteiger partial charge in [-0.15, -0.1) is 0 Å². The molecule has 0 aliphatic heterocycles. The quantitative estimate of drug-likeness (QED) is 0.318. The van der Waals surface area contributed by atoms with E-state index in [2.05, 4.69) is 10.3 Å². The summed E-state index contributed by atoms with van der Waals surface area (Å²) in [5, 5.41) is 12.6. The second-order valence-corrected chi connectivity index (χ2v) is 11.3. The van der Waals surface area contributed by atoms with Gasteiger partial charge in [0, 0.05) is 11.6 Å². The number of nitriles is 1. The first-order valence-corrected chi connectivity index (χ1v) is 13.5. The Hall–Kier alpha value is -3.65. The smallest absolute Gasteiger partial charge is 0.271 e. The Morgan fingerprint density at radius 1 is 1.17 bits per heavy atom. The number of nitrogens with one attached hydrogen (secondary N) is 1. The number of benzene rings is 3. The molecule has 0 saturated heterocycles. The fourth-order valence-electron chi connectivity index (χ4n) is 3.34. The summed E-state index contributed by atoms with van der Waals surface area (Å²) in [6.07, 6.45) is -1.12. The van der Waals surface area contributed by atoms with E-state index < -0.39 is 21.8 Å². The van der Waals surface area contributed by atoms with Gasteiger partial charge in [0.25, 0.3) is 5.91 Å². The summed E-state index contributed by atoms with van der Waals surface area (Å²) in [7, 11) is -1.90. The maximum absolute atomic E-state index is 13.4. The number of hydrogen-bond donors (Lipinski definition) is 1. The lowest BCUT2D eigenvalue weighted by molar-refractivity contribution is -0.123. The third-order valence-corrected chi connectivity index (χ3v) is 8.27. The van der Waals surface area contributed by atoms with Crippen LogP contribution in [-0.2, 0) is 14.6 Å². The molecule has 1 aromatic heterocycles. The molecule has 0 saturated carbocycles. The second kappa shape index (κ2) is 10.5. The minimum absolute atomic E-state index is 0.0373. The summed E-state index contributed by atoms with van der Waals surface area (Å²) in [5.74, 6) is 0.281. The van der Waals surface area contributed by atoms with Crippen LogP contribution in [0, 0.1) is 11.3 Å². The lowest BCUT2D eigenvalue weighted by Crippen LogP contribution is -2.25. The number of fused-ring (bicyclic) bond motifs is 1. The number of nitrogens with zero attached hydrogens (tertiary/aromatic N) is 2. The molecule has 1 heterocycles. The fraction of sp³-hybridized carbons (Fsp3) is 0.160. The van der Waals surface area contributed by atoms with E-state index in [9.17, 15) is 13.2 Å². The molecule has 0 aliphatic rings. The van der Waals surface area contributed by atoms with E-state index in [1.807, 2.05) is 6.07 Å². The van der Waals surface area contributed by atoms with Crippen LogP contribution in [0.2, 0.25) is 5.02 Å². The lowest BCUT2D eigenvalue weighted by atomic mass is 10.1. The summed E-state index contributed by atoms with van der Waals surface area (Å²) in [6, 6.07) is 17.7. The van der Waals surface area contributed by atoms with Crippen molar-refractivity contribution < 1.29 is 22.7 Å². The Balaban J connectivity index is 1.66. The minimum atomic E-state index is -3.40. The van der Waals surface area contributed by atoms with Crippen LogP contribution in [0.4, 0.5) is 5.13 Å². The Labute approximate surface area is 217 Å². The number of hydrogen-bond acceptors (Lipinski definition) is 8. The number of carbonyl (C=O) groups excluding carboxylic acids is 1. The fourth-order valence-corrected chi connectivity index (χ4v) is 5.42. The van der Waals surface area contributed by atoms with Crippen molar-refractivity contribution in [2.45, 2.75) is 17.9 Å². The SMILES string of the molecule is CCS(=O)(=O)c1ccc(C(Oc2ccc(C#N)cc2)C(=O)Nc2nc3cc(OC)c(Cl)cc3s2)cc1. The van der Waals surface area contributed by atoms with Crippen molar-refractivity contribution in [1.29, 1.82) is 5.26 Å². The Morgan fingerprint density at radius 3 is 2.47 bits per heavy atom. The van der Waals surface area contributed by atoms with Gasteiger partial charge in [-0.2, -0.15) is 5.26 Å². The van der Waals surface area contributed by atoms with Crippen molar-refractivity contribution >= 4 is 54.0 Å². The molecule has 36 heavy (non-hydrogen) atoms. The molecule has 8 nitrogen and oxygen atoms in total. The van der Waals surface area contributed by atoms with Crippen LogP contribution in [0.3, 0.4) is 0 Å². The first-order chi connectivity index (χ1) is 17.2. The van der Waals surface area contributed by atoms with Crippen LogP contribution in [-0.4, -0.2) is 32.2 Å². The standard InChI is InChI=1S/C25H20ClN3O5S2/c1-3-36(31,32)18-10-6-16(7-11-18)23(34-17-8-4-15(14-27)5-9-17)24(30)29-25-28-20-13-21(33-2)19(26)12-22(20)35-25/h4-13,23H,3H2,1-2H3,(H,28,29,30). The predicted octanol–water partition coefficient (Wildman–Crippen LogP) is 5.38. The number of sulfone groups is 1. The van der Waals surface area contributed by atoms with Gasteiger partial charge >= 0.3 is 0 Å². The third kappa shape index (κ3) is 5.44. The molecule has 1 amide bonds. The van der Waals surface area contributed by atoms with Gasteiger partial charge in [-0.25, -0.2) is 13.4 Å². The van der Waals surface area contributed by atoms with Crippen molar-refractivity contribution in [3.63, 3.8) is 0 Å². The van der Waals surface area contributed by atoms with Crippen LogP contribution in [0.25, 0.3) is 10.2 Å². The lowest BCUT2D eigenvalue weighted by Gasteiger charge is -2.19. The van der Waals surface area contributed by atoms with Crippen molar-refractivity contribution in [3.05, 3.63) is 76.8 Å². The second-order valence-electron chi connectivity index (χ2n) is 7.57. The molecule has 3 aromatic carbocycles. The Kier molecular flexibility index (Phi) is 7.45. The van der Waals surface area contributed by atoms with Crippen LogP contribution in [0.1, 0.15) is 24.2 Å². The van der Waals surface area contributed by atoms with E-state index in [0.717, 1.165) is 4.70 Å². The van der Waals surface area contributed by atoms with Gasteiger partial charge in [-0.05, 0) is 42.5 Å². The van der Waals surface area contributed by atoms with Crippen molar-refractivity contribution in [2.24, 2.45) is 0 Å². The van der Waals surface area contributed by atoms with Crippen molar-refractivity contribution in [1.82, 2.24) is 4.98 Å². The maximum Gasteiger partial charge on any atom is 0.271 e. The van der Waals surface area contributed by atoms with Crippen LogP contribution >= 0.6 is 22.9 Å². The molecular formula is C25H20ClN3O5S2. The van der Waals surface area contributed by atoms with Gasteiger partial charge in [-0.3, -0.25) is 10.1 Å². The number of thiazole rings is 1. The zero-order valence-corrected chi connectivity index (χ0v) is 21.6. The Bertz CT molecular complexity index is 1560. The highest BCUT2D eigenvalue weighted by molar-refractivity contribution is 7.91. The molecule has 4 rings (SSSR count). The molecule has 11 heteroatoms. The van der Waals surface area contributed by atoms with Crippen molar-refractivity contribution in [3.8, 4) is 17.6 Å². The van der Waals surface area contributed by atoms with E-state index in [0.29, 0.717) is 38.3 Å². The number of rotatable bonds is 8.